The Hall–Kier alpha value is -3.81. The van der Waals surface area contributed by atoms with Crippen molar-refractivity contribution in [1.29, 1.82) is 0 Å². The minimum Gasteiger partial charge on any atom is -0.350 e. The van der Waals surface area contributed by atoms with E-state index in [0.717, 1.165) is 16.9 Å². The van der Waals surface area contributed by atoms with E-state index < -0.39 is 0 Å². The van der Waals surface area contributed by atoms with E-state index in [1.807, 2.05) is 36.7 Å². The highest BCUT2D eigenvalue weighted by Gasteiger charge is 2.17. The van der Waals surface area contributed by atoms with Crippen molar-refractivity contribution in [2.75, 3.05) is 0 Å². The fraction of sp³-hybridized carbons (Fsp3) is 0.182. The summed E-state index contributed by atoms with van der Waals surface area (Å²) in [5.74, 6) is -0.410. The van der Waals surface area contributed by atoms with E-state index in [2.05, 4.69) is 20.6 Å². The molecule has 0 aliphatic rings. The smallest absolute Gasteiger partial charge is 0.251 e. The number of aromatic nitrogens is 5. The summed E-state index contributed by atoms with van der Waals surface area (Å²) < 4.78 is 16.8. The van der Waals surface area contributed by atoms with Crippen molar-refractivity contribution in [3.8, 4) is 28.3 Å². The lowest BCUT2D eigenvalue weighted by atomic mass is 10.1. The van der Waals surface area contributed by atoms with Gasteiger partial charge in [-0.2, -0.15) is 0 Å². The van der Waals surface area contributed by atoms with E-state index in [0.29, 0.717) is 17.0 Å². The van der Waals surface area contributed by atoms with Crippen LogP contribution < -0.4 is 5.32 Å². The first kappa shape index (κ1) is 19.5. The van der Waals surface area contributed by atoms with Gasteiger partial charge in [-0.3, -0.25) is 4.79 Å². The van der Waals surface area contributed by atoms with E-state index in [-0.39, 0.29) is 17.8 Å². The molecular formula is C22H21FN6O. The summed E-state index contributed by atoms with van der Waals surface area (Å²) in [5, 5.41) is 11.2. The molecule has 2 aromatic heterocycles. The number of aryl methyl sites for hydroxylation is 1. The second-order valence-electron chi connectivity index (χ2n) is 7.26. The van der Waals surface area contributed by atoms with Crippen LogP contribution in [0.5, 0.6) is 0 Å². The third-order valence-electron chi connectivity index (χ3n) is 4.62. The van der Waals surface area contributed by atoms with Crippen LogP contribution in [0.3, 0.4) is 0 Å². The molecule has 0 aliphatic heterocycles. The van der Waals surface area contributed by atoms with Gasteiger partial charge in [0.2, 0.25) is 0 Å². The lowest BCUT2D eigenvalue weighted by molar-refractivity contribution is 0.0943. The fourth-order valence-electron chi connectivity index (χ4n) is 3.16. The third-order valence-corrected chi connectivity index (χ3v) is 4.62. The van der Waals surface area contributed by atoms with Crippen LogP contribution in [0.1, 0.15) is 24.2 Å². The second-order valence-corrected chi connectivity index (χ2v) is 7.26. The summed E-state index contributed by atoms with van der Waals surface area (Å²) in [6, 6.07) is 13.5. The molecule has 4 aromatic rings. The molecular weight excluding hydrogens is 383 g/mol. The van der Waals surface area contributed by atoms with Gasteiger partial charge in [0.25, 0.3) is 5.91 Å². The highest BCUT2D eigenvalue weighted by atomic mass is 19.1. The highest BCUT2D eigenvalue weighted by molar-refractivity contribution is 5.94. The maximum absolute atomic E-state index is 13.3. The molecule has 0 unspecified atom stereocenters. The van der Waals surface area contributed by atoms with Crippen molar-refractivity contribution in [2.24, 2.45) is 7.05 Å². The van der Waals surface area contributed by atoms with Gasteiger partial charge in [0.05, 0.1) is 6.33 Å². The molecule has 0 aliphatic carbocycles. The van der Waals surface area contributed by atoms with Crippen LogP contribution >= 0.6 is 0 Å². The Morgan fingerprint density at radius 1 is 1.07 bits per heavy atom. The number of carbonyl (C=O) groups is 1. The summed E-state index contributed by atoms with van der Waals surface area (Å²) in [4.78, 5) is 16.6. The van der Waals surface area contributed by atoms with E-state index in [9.17, 15) is 9.18 Å². The highest BCUT2D eigenvalue weighted by Crippen LogP contribution is 2.29. The molecule has 0 saturated heterocycles. The van der Waals surface area contributed by atoms with Crippen LogP contribution in [0, 0.1) is 5.82 Å². The van der Waals surface area contributed by atoms with E-state index in [1.165, 1.54) is 12.1 Å². The lowest BCUT2D eigenvalue weighted by Gasteiger charge is -2.09. The third kappa shape index (κ3) is 3.84. The van der Waals surface area contributed by atoms with Gasteiger partial charge in [-0.1, -0.05) is 5.21 Å². The molecule has 7 nitrogen and oxygen atoms in total. The number of benzene rings is 2. The molecule has 0 atom stereocenters. The summed E-state index contributed by atoms with van der Waals surface area (Å²) in [7, 11) is 1.79. The molecule has 2 heterocycles. The van der Waals surface area contributed by atoms with Crippen LogP contribution in [0.25, 0.3) is 28.3 Å². The van der Waals surface area contributed by atoms with Crippen molar-refractivity contribution in [3.05, 3.63) is 72.4 Å². The monoisotopic (exact) mass is 404 g/mol. The standard InChI is InChI=1S/C22H21FN6O/c1-14(2)25-22(30)16-6-10-18(11-7-16)29-12-19(24-13-29)21-20(26-27-28(21)3)15-4-8-17(23)9-5-15/h4-14H,1-3H3,(H,25,30). The van der Waals surface area contributed by atoms with E-state index >= 15 is 0 Å². The number of hydrogen-bond donors (Lipinski definition) is 1. The van der Waals surface area contributed by atoms with Crippen molar-refractivity contribution < 1.29 is 9.18 Å². The molecule has 0 saturated carbocycles. The lowest BCUT2D eigenvalue weighted by Crippen LogP contribution is -2.29. The fourth-order valence-corrected chi connectivity index (χ4v) is 3.16. The Labute approximate surface area is 173 Å². The van der Waals surface area contributed by atoms with Crippen LogP contribution in [-0.4, -0.2) is 36.5 Å². The molecule has 4 rings (SSSR count). The maximum atomic E-state index is 13.3. The molecule has 152 valence electrons. The SMILES string of the molecule is CC(C)NC(=O)c1ccc(-n2cnc(-c3c(-c4ccc(F)cc4)nnn3C)c2)cc1. The second kappa shape index (κ2) is 7.90. The quantitative estimate of drug-likeness (QED) is 0.551. The van der Waals surface area contributed by atoms with Crippen molar-refractivity contribution >= 4 is 5.91 Å². The summed E-state index contributed by atoms with van der Waals surface area (Å²) in [6.45, 7) is 3.85. The van der Waals surface area contributed by atoms with Crippen LogP contribution in [-0.2, 0) is 7.05 Å². The summed E-state index contributed by atoms with van der Waals surface area (Å²) >= 11 is 0. The summed E-state index contributed by atoms with van der Waals surface area (Å²) in [6.07, 6.45) is 3.56. The molecule has 1 N–H and O–H groups in total. The Bertz CT molecular complexity index is 1180. The van der Waals surface area contributed by atoms with Crippen molar-refractivity contribution in [1.82, 2.24) is 29.9 Å². The zero-order valence-electron chi connectivity index (χ0n) is 16.9. The number of rotatable bonds is 5. The van der Waals surface area contributed by atoms with Gasteiger partial charge in [-0.25, -0.2) is 14.1 Å². The van der Waals surface area contributed by atoms with Crippen LogP contribution in [0.4, 0.5) is 4.39 Å². The number of hydrogen-bond acceptors (Lipinski definition) is 4. The number of halogens is 1. The Morgan fingerprint density at radius 3 is 2.43 bits per heavy atom. The van der Waals surface area contributed by atoms with Gasteiger partial charge < -0.3 is 9.88 Å². The largest absolute Gasteiger partial charge is 0.350 e. The average molecular weight is 404 g/mol. The van der Waals surface area contributed by atoms with E-state index in [4.69, 9.17) is 0 Å². The number of imidazole rings is 1. The van der Waals surface area contributed by atoms with Crippen molar-refractivity contribution in [2.45, 2.75) is 19.9 Å². The molecule has 30 heavy (non-hydrogen) atoms. The van der Waals surface area contributed by atoms with Gasteiger partial charge in [-0.15, -0.1) is 5.10 Å². The molecule has 8 heteroatoms. The topological polar surface area (TPSA) is 77.6 Å². The van der Waals surface area contributed by atoms with Gasteiger partial charge in [0.15, 0.2) is 0 Å². The Morgan fingerprint density at radius 2 is 1.77 bits per heavy atom. The minimum absolute atomic E-state index is 0.0798. The molecule has 1 amide bonds. The minimum atomic E-state index is -0.306. The predicted octanol–water partition coefficient (Wildman–Crippen LogP) is 3.61. The predicted molar refractivity (Wildman–Crippen MR) is 112 cm³/mol. The molecule has 0 fully saturated rings. The van der Waals surface area contributed by atoms with E-state index in [1.54, 1.807) is 42.3 Å². The van der Waals surface area contributed by atoms with Crippen molar-refractivity contribution in [3.63, 3.8) is 0 Å². The molecule has 0 spiro atoms. The number of nitrogens with zero attached hydrogens (tertiary/aromatic N) is 5. The number of amides is 1. The summed E-state index contributed by atoms with van der Waals surface area (Å²) in [5.41, 5.74) is 4.27. The number of nitrogens with one attached hydrogen (secondary N) is 1. The zero-order chi connectivity index (χ0) is 21.3. The number of carbonyl (C=O) groups excluding carboxylic acids is 1. The van der Waals surface area contributed by atoms with Gasteiger partial charge >= 0.3 is 0 Å². The van der Waals surface area contributed by atoms with Crippen LogP contribution in [0.15, 0.2) is 61.1 Å². The first-order valence-corrected chi connectivity index (χ1v) is 9.53. The normalized spacial score (nSPS) is 11.1. The average Bonchev–Trinajstić information content (AvgIpc) is 3.35. The first-order valence-electron chi connectivity index (χ1n) is 9.53. The zero-order valence-corrected chi connectivity index (χ0v) is 16.9. The molecule has 0 radical (unpaired) electrons. The van der Waals surface area contributed by atoms with Gasteiger partial charge in [0.1, 0.15) is 22.9 Å². The first-order chi connectivity index (χ1) is 14.4. The molecule has 2 aromatic carbocycles. The Balaban J connectivity index is 1.63. The maximum Gasteiger partial charge on any atom is 0.251 e. The Kier molecular flexibility index (Phi) is 5.14. The van der Waals surface area contributed by atoms with Gasteiger partial charge in [-0.05, 0) is 62.4 Å². The van der Waals surface area contributed by atoms with Crippen LogP contribution in [0.2, 0.25) is 0 Å². The molecule has 0 bridgehead atoms. The van der Waals surface area contributed by atoms with Gasteiger partial charge in [0, 0.05) is 36.1 Å².